The molecule has 0 heterocycles. The minimum Gasteiger partial charge on any atom is -0.451 e. The first-order valence-electron chi connectivity index (χ1n) is 10.7. The van der Waals surface area contributed by atoms with Crippen molar-refractivity contribution in [2.24, 2.45) is 28.6 Å². The van der Waals surface area contributed by atoms with E-state index in [1.807, 2.05) is 6.08 Å². The predicted molar refractivity (Wildman–Crippen MR) is 110 cm³/mol. The molecule has 4 rings (SSSR count). The molecule has 4 nitrogen and oxygen atoms in total. The van der Waals surface area contributed by atoms with Crippen molar-refractivity contribution in [3.63, 3.8) is 0 Å². The van der Waals surface area contributed by atoms with Crippen LogP contribution in [0.4, 0.5) is 0 Å². The van der Waals surface area contributed by atoms with Gasteiger partial charge >= 0.3 is 5.97 Å². The molecule has 0 N–H and O–H groups in total. The summed E-state index contributed by atoms with van der Waals surface area (Å²) in [6, 6.07) is 0. The Hall–Kier alpha value is -0.970. The largest absolute Gasteiger partial charge is 0.451 e. The zero-order valence-corrected chi connectivity index (χ0v) is 18.8. The number of ketones is 2. The summed E-state index contributed by atoms with van der Waals surface area (Å²) in [5, 5.41) is 0.226. The second-order valence-corrected chi connectivity index (χ2v) is 10.5. The van der Waals surface area contributed by atoms with Crippen LogP contribution in [0.5, 0.6) is 0 Å². The Morgan fingerprint density at radius 2 is 1.82 bits per heavy atom. The van der Waals surface area contributed by atoms with Crippen LogP contribution in [0, 0.1) is 28.6 Å². The van der Waals surface area contributed by atoms with Crippen LogP contribution in [-0.4, -0.2) is 28.5 Å². The van der Waals surface area contributed by atoms with E-state index in [4.69, 9.17) is 4.74 Å². The fourth-order valence-corrected chi connectivity index (χ4v) is 8.05. The summed E-state index contributed by atoms with van der Waals surface area (Å²) in [7, 11) is 0. The van der Waals surface area contributed by atoms with Gasteiger partial charge in [-0.05, 0) is 74.2 Å². The summed E-state index contributed by atoms with van der Waals surface area (Å²) in [5.41, 5.74) is 0.184. The fraction of sp³-hybridized carbons (Fsp3) is 0.783. The Balaban J connectivity index is 1.70. The van der Waals surface area contributed by atoms with Crippen molar-refractivity contribution < 1.29 is 19.1 Å². The van der Waals surface area contributed by atoms with Crippen molar-refractivity contribution in [1.29, 1.82) is 0 Å². The molecule has 6 atom stereocenters. The lowest BCUT2D eigenvalue weighted by molar-refractivity contribution is -0.186. The number of carbonyl (C=O) groups is 3. The fourth-order valence-electron chi connectivity index (χ4n) is 7.59. The SMILES string of the molecule is CC(=O)O[C@]1(C(=O)CBr)CC[C@H]2[C@@H]3CCC4=CC(=O)CC[C@]4(C)[C@H]3CC[C@@]21C. The highest BCUT2D eigenvalue weighted by Crippen LogP contribution is 2.68. The van der Waals surface area contributed by atoms with Gasteiger partial charge in [-0.25, -0.2) is 0 Å². The van der Waals surface area contributed by atoms with Crippen LogP contribution in [0.15, 0.2) is 11.6 Å². The van der Waals surface area contributed by atoms with Gasteiger partial charge in [0.25, 0.3) is 0 Å². The lowest BCUT2D eigenvalue weighted by atomic mass is 9.46. The van der Waals surface area contributed by atoms with Gasteiger partial charge in [0.1, 0.15) is 0 Å². The summed E-state index contributed by atoms with van der Waals surface area (Å²) < 4.78 is 5.88. The maximum absolute atomic E-state index is 13.0. The first kappa shape index (κ1) is 20.3. The number of esters is 1. The number of hydrogen-bond acceptors (Lipinski definition) is 4. The molecule has 3 saturated carbocycles. The van der Waals surface area contributed by atoms with Crippen LogP contribution < -0.4 is 0 Å². The van der Waals surface area contributed by atoms with Crippen LogP contribution in [0.3, 0.4) is 0 Å². The zero-order chi connectivity index (χ0) is 20.3. The van der Waals surface area contributed by atoms with E-state index in [1.165, 1.54) is 12.5 Å². The molecule has 0 aromatic rings. The van der Waals surface area contributed by atoms with E-state index in [2.05, 4.69) is 29.8 Å². The van der Waals surface area contributed by atoms with Crippen molar-refractivity contribution in [3.8, 4) is 0 Å². The molecular formula is C23H31BrO4. The lowest BCUT2D eigenvalue weighted by Crippen LogP contribution is -2.59. The number of alkyl halides is 1. The van der Waals surface area contributed by atoms with Gasteiger partial charge in [-0.3, -0.25) is 14.4 Å². The maximum atomic E-state index is 13.0. The summed E-state index contributed by atoms with van der Waals surface area (Å²) in [4.78, 5) is 37.0. The number of carbonyl (C=O) groups excluding carboxylic acids is 3. The monoisotopic (exact) mass is 450 g/mol. The standard InChI is InChI=1S/C23H31BrO4/c1-14(25)28-23(20(27)13-24)11-8-19-17-5-4-15-12-16(26)6-9-21(15,2)18(17)7-10-22(19,23)3/h12,17-19H,4-11,13H2,1-3H3/t17-,18+,19+,21+,22+,23+/m1/s1. The number of hydrogen-bond donors (Lipinski definition) is 0. The van der Waals surface area contributed by atoms with Gasteiger partial charge in [0.05, 0.1) is 5.33 Å². The minimum absolute atomic E-state index is 0.0111. The van der Waals surface area contributed by atoms with Gasteiger partial charge in [-0.15, -0.1) is 0 Å². The van der Waals surface area contributed by atoms with Crippen molar-refractivity contribution in [3.05, 3.63) is 11.6 Å². The highest BCUT2D eigenvalue weighted by molar-refractivity contribution is 9.09. The molecule has 0 aliphatic heterocycles. The number of Topliss-reactive ketones (excluding diaryl/α,β-unsaturated/α-hetero) is 1. The molecule has 0 radical (unpaired) electrons. The van der Waals surface area contributed by atoms with Crippen molar-refractivity contribution in [2.45, 2.75) is 77.7 Å². The van der Waals surface area contributed by atoms with Crippen molar-refractivity contribution in [2.75, 3.05) is 5.33 Å². The Kier molecular flexibility index (Phi) is 4.92. The molecule has 0 bridgehead atoms. The number of halogens is 1. The highest BCUT2D eigenvalue weighted by atomic mass is 79.9. The maximum Gasteiger partial charge on any atom is 0.303 e. The van der Waals surface area contributed by atoms with Crippen LogP contribution in [0.25, 0.3) is 0 Å². The molecule has 0 unspecified atom stereocenters. The van der Waals surface area contributed by atoms with Crippen LogP contribution >= 0.6 is 15.9 Å². The van der Waals surface area contributed by atoms with Crippen molar-refractivity contribution in [1.82, 2.24) is 0 Å². The minimum atomic E-state index is -0.989. The van der Waals surface area contributed by atoms with E-state index < -0.39 is 5.60 Å². The number of ether oxygens (including phenoxy) is 1. The summed E-state index contributed by atoms with van der Waals surface area (Å²) in [6.07, 6.45) is 9.14. The second kappa shape index (κ2) is 6.78. The Bertz CT molecular complexity index is 758. The summed E-state index contributed by atoms with van der Waals surface area (Å²) in [5.74, 6) is 1.43. The average molecular weight is 451 g/mol. The molecule has 4 aliphatic carbocycles. The van der Waals surface area contributed by atoms with E-state index in [-0.39, 0.29) is 33.7 Å². The summed E-state index contributed by atoms with van der Waals surface area (Å²) >= 11 is 3.34. The molecule has 0 amide bonds. The quantitative estimate of drug-likeness (QED) is 0.458. The molecule has 0 aromatic carbocycles. The molecule has 3 fully saturated rings. The van der Waals surface area contributed by atoms with E-state index in [9.17, 15) is 14.4 Å². The molecule has 0 aromatic heterocycles. The number of rotatable bonds is 3. The van der Waals surface area contributed by atoms with Gasteiger partial charge in [-0.2, -0.15) is 0 Å². The molecular weight excluding hydrogens is 420 g/mol. The highest BCUT2D eigenvalue weighted by Gasteiger charge is 2.68. The van der Waals surface area contributed by atoms with Crippen LogP contribution in [-0.2, 0) is 19.1 Å². The van der Waals surface area contributed by atoms with E-state index in [1.54, 1.807) is 0 Å². The number of allylic oxidation sites excluding steroid dienone is 1. The molecule has 4 aliphatic rings. The van der Waals surface area contributed by atoms with Gasteiger partial charge in [0, 0.05) is 18.8 Å². The predicted octanol–water partition coefficient (Wildman–Crippen LogP) is 4.78. The third-order valence-corrected chi connectivity index (χ3v) is 9.48. The first-order chi connectivity index (χ1) is 13.2. The smallest absolute Gasteiger partial charge is 0.303 e. The van der Waals surface area contributed by atoms with Gasteiger partial charge in [0.2, 0.25) is 0 Å². The van der Waals surface area contributed by atoms with E-state index in [0.717, 1.165) is 38.5 Å². The topological polar surface area (TPSA) is 60.4 Å². The van der Waals surface area contributed by atoms with E-state index in [0.29, 0.717) is 30.6 Å². The van der Waals surface area contributed by atoms with Crippen LogP contribution in [0.1, 0.15) is 72.1 Å². The average Bonchev–Trinajstić information content (AvgIpc) is 2.94. The van der Waals surface area contributed by atoms with E-state index >= 15 is 0 Å². The van der Waals surface area contributed by atoms with Crippen LogP contribution in [0.2, 0.25) is 0 Å². The number of fused-ring (bicyclic) bond motifs is 5. The Morgan fingerprint density at radius 1 is 1.11 bits per heavy atom. The summed E-state index contributed by atoms with van der Waals surface area (Å²) in [6.45, 7) is 5.98. The lowest BCUT2D eigenvalue weighted by Gasteiger charge is -2.59. The molecule has 0 saturated heterocycles. The Labute approximate surface area is 176 Å². The second-order valence-electron chi connectivity index (χ2n) is 9.94. The third-order valence-electron chi connectivity index (χ3n) is 8.97. The van der Waals surface area contributed by atoms with Crippen molar-refractivity contribution >= 4 is 33.5 Å². The zero-order valence-electron chi connectivity index (χ0n) is 17.2. The molecule has 154 valence electrons. The normalized spacial score (nSPS) is 44.8. The van der Waals surface area contributed by atoms with Gasteiger partial charge in [0.15, 0.2) is 17.2 Å². The Morgan fingerprint density at radius 3 is 2.50 bits per heavy atom. The van der Waals surface area contributed by atoms with Gasteiger partial charge < -0.3 is 4.74 Å². The molecule has 5 heteroatoms. The molecule has 28 heavy (non-hydrogen) atoms. The first-order valence-corrected chi connectivity index (χ1v) is 11.8. The van der Waals surface area contributed by atoms with Gasteiger partial charge in [-0.1, -0.05) is 35.4 Å². The molecule has 0 spiro atoms. The third kappa shape index (κ3) is 2.64.